The van der Waals surface area contributed by atoms with Crippen LogP contribution >= 0.6 is 0 Å². The van der Waals surface area contributed by atoms with Gasteiger partial charge in [0.05, 0.1) is 12.2 Å². The molecule has 0 spiro atoms. The molecule has 134 valence electrons. The van der Waals surface area contributed by atoms with E-state index < -0.39 is 17.8 Å². The van der Waals surface area contributed by atoms with E-state index in [4.69, 9.17) is 4.74 Å². The first-order valence-corrected chi connectivity index (χ1v) is 7.91. The van der Waals surface area contributed by atoms with Gasteiger partial charge in [0, 0.05) is 16.9 Å². The van der Waals surface area contributed by atoms with E-state index in [1.165, 1.54) is 37.3 Å². The average molecular weight is 354 g/mol. The number of hydrogen-bond donors (Lipinski definition) is 2. The molecule has 0 heterocycles. The molecule has 2 rings (SSSR count). The first kappa shape index (κ1) is 18.9. The summed E-state index contributed by atoms with van der Waals surface area (Å²) in [4.78, 5) is 46.9. The van der Waals surface area contributed by atoms with Crippen LogP contribution in [-0.2, 0) is 14.3 Å². The number of benzene rings is 2. The minimum atomic E-state index is -0.875. The molecule has 0 aromatic heterocycles. The van der Waals surface area contributed by atoms with Crippen LogP contribution in [0.3, 0.4) is 0 Å². The number of anilines is 2. The van der Waals surface area contributed by atoms with Crippen molar-refractivity contribution in [1.29, 1.82) is 0 Å². The van der Waals surface area contributed by atoms with Crippen molar-refractivity contribution in [3.05, 3.63) is 59.7 Å². The second-order valence-corrected chi connectivity index (χ2v) is 5.34. The number of nitrogens with one attached hydrogen (secondary N) is 2. The zero-order valence-corrected chi connectivity index (χ0v) is 14.4. The van der Waals surface area contributed by atoms with Gasteiger partial charge in [-0.15, -0.1) is 0 Å². The Morgan fingerprint density at radius 1 is 0.846 bits per heavy atom. The fourth-order valence-electron chi connectivity index (χ4n) is 2.10. The highest BCUT2D eigenvalue weighted by Gasteiger charge is 2.15. The minimum absolute atomic E-state index is 0.146. The van der Waals surface area contributed by atoms with Crippen molar-refractivity contribution in [2.75, 3.05) is 17.2 Å². The summed E-state index contributed by atoms with van der Waals surface area (Å²) in [6, 6.07) is 12.3. The maximum absolute atomic E-state index is 12.0. The summed E-state index contributed by atoms with van der Waals surface area (Å²) in [6.45, 7) is 3.38. The van der Waals surface area contributed by atoms with Gasteiger partial charge in [-0.3, -0.25) is 14.4 Å². The Bertz CT molecular complexity index is 843. The van der Waals surface area contributed by atoms with Crippen molar-refractivity contribution in [1.82, 2.24) is 0 Å². The van der Waals surface area contributed by atoms with Crippen molar-refractivity contribution in [2.45, 2.75) is 13.8 Å². The van der Waals surface area contributed by atoms with Gasteiger partial charge in [0.1, 0.15) is 0 Å². The van der Waals surface area contributed by atoms with Crippen molar-refractivity contribution < 1.29 is 23.9 Å². The molecule has 2 aromatic carbocycles. The van der Waals surface area contributed by atoms with Gasteiger partial charge in [0.15, 0.2) is 5.78 Å². The van der Waals surface area contributed by atoms with Gasteiger partial charge in [0.2, 0.25) is 0 Å². The van der Waals surface area contributed by atoms with Crippen molar-refractivity contribution >= 4 is 34.9 Å². The number of ketones is 1. The molecular weight excluding hydrogens is 336 g/mol. The van der Waals surface area contributed by atoms with Crippen LogP contribution in [-0.4, -0.2) is 30.2 Å². The third-order valence-electron chi connectivity index (χ3n) is 3.39. The van der Waals surface area contributed by atoms with Crippen LogP contribution < -0.4 is 10.6 Å². The topological polar surface area (TPSA) is 102 Å². The van der Waals surface area contributed by atoms with Gasteiger partial charge in [-0.25, -0.2) is 4.79 Å². The lowest BCUT2D eigenvalue weighted by atomic mass is 10.1. The maximum atomic E-state index is 12.0. The lowest BCUT2D eigenvalue weighted by Crippen LogP contribution is -2.29. The molecule has 7 heteroatoms. The van der Waals surface area contributed by atoms with E-state index in [0.717, 1.165) is 0 Å². The Hall–Kier alpha value is -3.48. The summed E-state index contributed by atoms with van der Waals surface area (Å²) in [5, 5.41) is 4.85. The first-order chi connectivity index (χ1) is 12.4. The summed E-state index contributed by atoms with van der Waals surface area (Å²) in [7, 11) is 0. The van der Waals surface area contributed by atoms with Gasteiger partial charge >= 0.3 is 17.8 Å². The molecule has 26 heavy (non-hydrogen) atoms. The first-order valence-electron chi connectivity index (χ1n) is 7.91. The standard InChI is InChI=1S/C19H18N2O5/c1-3-26-19(25)13-7-9-15(10-8-13)20-17(23)18(24)21-16-6-4-5-14(11-16)12(2)22/h4-11H,3H2,1-2H3,(H,20,23)(H,21,24). The van der Waals surface area contributed by atoms with Crippen LogP contribution in [0.1, 0.15) is 34.6 Å². The second-order valence-electron chi connectivity index (χ2n) is 5.34. The highest BCUT2D eigenvalue weighted by molar-refractivity contribution is 6.43. The number of carbonyl (C=O) groups excluding carboxylic acids is 4. The number of rotatable bonds is 5. The minimum Gasteiger partial charge on any atom is -0.462 e. The number of carbonyl (C=O) groups is 4. The Morgan fingerprint density at radius 3 is 2.04 bits per heavy atom. The van der Waals surface area contributed by atoms with E-state index in [9.17, 15) is 19.2 Å². The number of hydrogen-bond acceptors (Lipinski definition) is 5. The molecule has 0 aliphatic rings. The van der Waals surface area contributed by atoms with E-state index in [-0.39, 0.29) is 12.4 Å². The maximum Gasteiger partial charge on any atom is 0.338 e. The Morgan fingerprint density at radius 2 is 1.46 bits per heavy atom. The largest absolute Gasteiger partial charge is 0.462 e. The van der Waals surface area contributed by atoms with Gasteiger partial charge in [-0.2, -0.15) is 0 Å². The molecule has 0 fully saturated rings. The normalized spacial score (nSPS) is 9.92. The molecule has 2 N–H and O–H groups in total. The summed E-state index contributed by atoms with van der Waals surface area (Å²) in [5.41, 5.74) is 1.47. The SMILES string of the molecule is CCOC(=O)c1ccc(NC(=O)C(=O)Nc2cccc(C(C)=O)c2)cc1. The fourth-order valence-corrected chi connectivity index (χ4v) is 2.10. The molecule has 2 aromatic rings. The van der Waals surface area contributed by atoms with Crippen molar-refractivity contribution in [3.63, 3.8) is 0 Å². The molecule has 2 amide bonds. The monoisotopic (exact) mass is 354 g/mol. The number of amides is 2. The van der Waals surface area contributed by atoms with Gasteiger partial charge in [0.25, 0.3) is 0 Å². The van der Waals surface area contributed by atoms with Crippen LogP contribution in [0.4, 0.5) is 11.4 Å². The third kappa shape index (κ3) is 5.01. The van der Waals surface area contributed by atoms with Gasteiger partial charge < -0.3 is 15.4 Å². The number of esters is 1. The van der Waals surface area contributed by atoms with E-state index in [0.29, 0.717) is 22.5 Å². The summed E-state index contributed by atoms with van der Waals surface area (Å²) in [6.07, 6.45) is 0. The molecule has 0 atom stereocenters. The summed E-state index contributed by atoms with van der Waals surface area (Å²) in [5.74, 6) is -2.36. The van der Waals surface area contributed by atoms with Crippen LogP contribution in [0.15, 0.2) is 48.5 Å². The summed E-state index contributed by atoms with van der Waals surface area (Å²) < 4.78 is 4.87. The van der Waals surface area contributed by atoms with Crippen molar-refractivity contribution in [3.8, 4) is 0 Å². The number of Topliss-reactive ketones (excluding diaryl/α,β-unsaturated/α-hetero) is 1. The van der Waals surface area contributed by atoms with Gasteiger partial charge in [-0.1, -0.05) is 12.1 Å². The zero-order valence-electron chi connectivity index (χ0n) is 14.4. The lowest BCUT2D eigenvalue weighted by Gasteiger charge is -2.08. The van der Waals surface area contributed by atoms with E-state index in [2.05, 4.69) is 10.6 Å². The number of ether oxygens (including phenoxy) is 1. The molecule has 7 nitrogen and oxygen atoms in total. The Labute approximate surface area is 150 Å². The molecule has 0 unspecified atom stereocenters. The van der Waals surface area contributed by atoms with Crippen LogP contribution in [0.25, 0.3) is 0 Å². The molecular formula is C19H18N2O5. The summed E-state index contributed by atoms with van der Waals surface area (Å²) >= 11 is 0. The van der Waals surface area contributed by atoms with Crippen LogP contribution in [0.2, 0.25) is 0 Å². The predicted octanol–water partition coefficient (Wildman–Crippen LogP) is 2.64. The molecule has 0 radical (unpaired) electrons. The third-order valence-corrected chi connectivity index (χ3v) is 3.39. The van der Waals surface area contributed by atoms with E-state index >= 15 is 0 Å². The van der Waals surface area contributed by atoms with Crippen LogP contribution in [0, 0.1) is 0 Å². The molecule has 0 bridgehead atoms. The Kier molecular flexibility index (Phi) is 6.21. The average Bonchev–Trinajstić information content (AvgIpc) is 2.62. The smallest absolute Gasteiger partial charge is 0.338 e. The Balaban J connectivity index is 1.98. The zero-order chi connectivity index (χ0) is 19.1. The molecule has 0 aliphatic heterocycles. The van der Waals surface area contributed by atoms with Gasteiger partial charge in [-0.05, 0) is 50.2 Å². The fraction of sp³-hybridized carbons (Fsp3) is 0.158. The predicted molar refractivity (Wildman–Crippen MR) is 96.1 cm³/mol. The van der Waals surface area contributed by atoms with Crippen molar-refractivity contribution in [2.24, 2.45) is 0 Å². The highest BCUT2D eigenvalue weighted by Crippen LogP contribution is 2.13. The lowest BCUT2D eigenvalue weighted by molar-refractivity contribution is -0.132. The van der Waals surface area contributed by atoms with Crippen LogP contribution in [0.5, 0.6) is 0 Å². The molecule has 0 saturated heterocycles. The molecule has 0 aliphatic carbocycles. The van der Waals surface area contributed by atoms with E-state index in [1.54, 1.807) is 25.1 Å². The van der Waals surface area contributed by atoms with E-state index in [1.807, 2.05) is 0 Å². The second kappa shape index (κ2) is 8.57. The quantitative estimate of drug-likeness (QED) is 0.488. The highest BCUT2D eigenvalue weighted by atomic mass is 16.5. The molecule has 0 saturated carbocycles.